The van der Waals surface area contributed by atoms with Crippen molar-refractivity contribution < 1.29 is 0 Å². The second-order valence-corrected chi connectivity index (χ2v) is 16.8. The molecule has 6 aromatic carbocycles. The highest BCUT2D eigenvalue weighted by Gasteiger charge is 2.56. The number of hydrogen-bond acceptors (Lipinski definition) is 1. The standard InChI is InChI=1S/C50H47N/c1-32-26-34-28-33(2)50(37(27-32)29-34)46-17-11-9-15-42(46)44-25-23-40(31-48(44)50)51(38-20-18-36(19-21-38)35-12-6-5-7-13-35)39-22-24-43-41-14-8-10-16-45(41)49(3,4)47(43)30-39/h5-25,30-34,37H,26-29H2,1-4H3/t32-,33+,34-,37-,50?/m0/s1. The predicted molar refractivity (Wildman–Crippen MR) is 214 cm³/mol. The van der Waals surface area contributed by atoms with Gasteiger partial charge >= 0.3 is 0 Å². The van der Waals surface area contributed by atoms with Crippen LogP contribution in [0.3, 0.4) is 0 Å². The lowest BCUT2D eigenvalue weighted by atomic mass is 9.49. The van der Waals surface area contributed by atoms with E-state index < -0.39 is 0 Å². The molecule has 4 aliphatic carbocycles. The molecule has 1 nitrogen and oxygen atoms in total. The van der Waals surface area contributed by atoms with Gasteiger partial charge in [0, 0.05) is 27.9 Å². The number of benzene rings is 6. The Morgan fingerprint density at radius 3 is 1.75 bits per heavy atom. The quantitative estimate of drug-likeness (QED) is 0.182. The van der Waals surface area contributed by atoms with Gasteiger partial charge in [0.15, 0.2) is 0 Å². The molecule has 4 aliphatic rings. The first-order valence-corrected chi connectivity index (χ1v) is 19.3. The Hall–Kier alpha value is -4.88. The van der Waals surface area contributed by atoms with Gasteiger partial charge < -0.3 is 4.90 Å². The van der Waals surface area contributed by atoms with Crippen molar-refractivity contribution in [2.75, 3.05) is 4.90 Å². The first-order chi connectivity index (χ1) is 24.8. The fourth-order valence-corrected chi connectivity index (χ4v) is 11.6. The Kier molecular flexibility index (Phi) is 6.85. The summed E-state index contributed by atoms with van der Waals surface area (Å²) in [6, 6.07) is 53.1. The van der Waals surface area contributed by atoms with Crippen LogP contribution in [-0.2, 0) is 10.8 Å². The normalized spacial score (nSPS) is 24.8. The molecule has 1 heteroatoms. The van der Waals surface area contributed by atoms with Gasteiger partial charge in [0.1, 0.15) is 0 Å². The van der Waals surface area contributed by atoms with Crippen molar-refractivity contribution in [3.8, 4) is 33.4 Å². The summed E-state index contributed by atoms with van der Waals surface area (Å²) in [6.07, 6.45) is 5.41. The van der Waals surface area contributed by atoms with Crippen molar-refractivity contribution in [1.29, 1.82) is 0 Å². The van der Waals surface area contributed by atoms with Gasteiger partial charge in [-0.3, -0.25) is 0 Å². The molecule has 0 radical (unpaired) electrons. The summed E-state index contributed by atoms with van der Waals surface area (Å²) in [6.45, 7) is 9.86. The van der Waals surface area contributed by atoms with Crippen LogP contribution in [0.5, 0.6) is 0 Å². The van der Waals surface area contributed by atoms with Crippen LogP contribution in [0, 0.1) is 23.7 Å². The fraction of sp³-hybridized carbons (Fsp3) is 0.280. The smallest absolute Gasteiger partial charge is 0.0465 e. The highest BCUT2D eigenvalue weighted by atomic mass is 15.1. The molecule has 51 heavy (non-hydrogen) atoms. The molecule has 0 heterocycles. The number of fused-ring (bicyclic) bond motifs is 11. The minimum absolute atomic E-state index is 0.0531. The molecule has 0 saturated heterocycles. The van der Waals surface area contributed by atoms with E-state index in [1.54, 1.807) is 11.1 Å². The fourth-order valence-electron chi connectivity index (χ4n) is 11.6. The second kappa shape index (κ2) is 11.3. The third-order valence-electron chi connectivity index (χ3n) is 13.6. The van der Waals surface area contributed by atoms with E-state index in [1.807, 2.05) is 0 Å². The van der Waals surface area contributed by atoms with Crippen LogP contribution in [0.1, 0.15) is 75.6 Å². The first kappa shape index (κ1) is 30.9. The average Bonchev–Trinajstić information content (AvgIpc) is 3.57. The Morgan fingerprint density at radius 2 is 1.02 bits per heavy atom. The molecular formula is C50H47N. The van der Waals surface area contributed by atoms with E-state index in [0.717, 1.165) is 11.8 Å². The van der Waals surface area contributed by atoms with Crippen molar-refractivity contribution >= 4 is 17.1 Å². The Bertz CT molecular complexity index is 2290. The van der Waals surface area contributed by atoms with E-state index in [9.17, 15) is 0 Å². The van der Waals surface area contributed by atoms with E-state index in [-0.39, 0.29) is 10.8 Å². The zero-order valence-corrected chi connectivity index (χ0v) is 30.4. The van der Waals surface area contributed by atoms with Crippen molar-refractivity contribution in [2.24, 2.45) is 23.7 Å². The van der Waals surface area contributed by atoms with Crippen molar-refractivity contribution in [1.82, 2.24) is 0 Å². The van der Waals surface area contributed by atoms with Gasteiger partial charge in [-0.1, -0.05) is 131 Å². The van der Waals surface area contributed by atoms with Crippen LogP contribution in [0.15, 0.2) is 140 Å². The molecular weight excluding hydrogens is 615 g/mol. The van der Waals surface area contributed by atoms with Gasteiger partial charge in [0.2, 0.25) is 0 Å². The highest BCUT2D eigenvalue weighted by molar-refractivity contribution is 5.89. The molecule has 252 valence electrons. The van der Waals surface area contributed by atoms with E-state index >= 15 is 0 Å². The van der Waals surface area contributed by atoms with Crippen LogP contribution in [0.2, 0.25) is 0 Å². The summed E-state index contributed by atoms with van der Waals surface area (Å²) in [5.41, 5.74) is 17.7. The van der Waals surface area contributed by atoms with Gasteiger partial charge in [-0.15, -0.1) is 0 Å². The van der Waals surface area contributed by atoms with Crippen LogP contribution in [0.4, 0.5) is 17.1 Å². The Balaban J connectivity index is 1.17. The molecule has 0 N–H and O–H groups in total. The number of hydrogen-bond donors (Lipinski definition) is 0. The van der Waals surface area contributed by atoms with Gasteiger partial charge in [-0.25, -0.2) is 0 Å². The maximum atomic E-state index is 2.61. The lowest BCUT2D eigenvalue weighted by Gasteiger charge is -2.54. The molecule has 6 aromatic rings. The van der Waals surface area contributed by atoms with E-state index in [0.29, 0.717) is 11.8 Å². The number of rotatable bonds is 4. The SMILES string of the molecule is C[C@H]1C[C@@H]2C[C@H](C1)C1(c3ccccc3-c3ccc(N(c4ccc(-c5ccccc5)cc4)c4ccc5c(c4)C(C)(C)c4ccccc4-5)cc31)[C@H](C)C2. The average molecular weight is 662 g/mol. The van der Waals surface area contributed by atoms with E-state index in [4.69, 9.17) is 0 Å². The molecule has 0 amide bonds. The largest absolute Gasteiger partial charge is 0.310 e. The van der Waals surface area contributed by atoms with Crippen LogP contribution in [0.25, 0.3) is 33.4 Å². The minimum atomic E-state index is -0.0693. The second-order valence-electron chi connectivity index (χ2n) is 16.8. The van der Waals surface area contributed by atoms with Gasteiger partial charge in [-0.2, -0.15) is 0 Å². The molecule has 5 atom stereocenters. The zero-order valence-electron chi connectivity index (χ0n) is 30.4. The molecule has 0 aromatic heterocycles. The van der Waals surface area contributed by atoms with Crippen LogP contribution in [-0.4, -0.2) is 0 Å². The topological polar surface area (TPSA) is 3.24 Å². The first-order valence-electron chi connectivity index (χ1n) is 19.3. The van der Waals surface area contributed by atoms with E-state index in [1.165, 1.54) is 87.3 Å². The highest BCUT2D eigenvalue weighted by Crippen LogP contribution is 2.65. The van der Waals surface area contributed by atoms with E-state index in [2.05, 4.69) is 172 Å². The Morgan fingerprint density at radius 1 is 0.471 bits per heavy atom. The maximum Gasteiger partial charge on any atom is 0.0465 e. The minimum Gasteiger partial charge on any atom is -0.310 e. The van der Waals surface area contributed by atoms with Crippen molar-refractivity contribution in [3.63, 3.8) is 0 Å². The molecule has 0 aliphatic heterocycles. The predicted octanol–water partition coefficient (Wildman–Crippen LogP) is 13.5. The third-order valence-corrected chi connectivity index (χ3v) is 13.6. The van der Waals surface area contributed by atoms with Crippen molar-refractivity contribution in [2.45, 2.75) is 64.2 Å². The summed E-state index contributed by atoms with van der Waals surface area (Å²) in [7, 11) is 0. The zero-order chi connectivity index (χ0) is 34.5. The molecule has 2 saturated carbocycles. The molecule has 1 unspecified atom stereocenters. The monoisotopic (exact) mass is 661 g/mol. The van der Waals surface area contributed by atoms with Gasteiger partial charge in [0.05, 0.1) is 0 Å². The van der Waals surface area contributed by atoms with Crippen LogP contribution >= 0.6 is 0 Å². The molecule has 1 spiro atoms. The van der Waals surface area contributed by atoms with Gasteiger partial charge in [0.25, 0.3) is 0 Å². The molecule has 2 fully saturated rings. The summed E-state index contributed by atoms with van der Waals surface area (Å²) in [4.78, 5) is 2.53. The molecule has 10 rings (SSSR count). The lowest BCUT2D eigenvalue weighted by molar-refractivity contribution is 0.0426. The summed E-state index contributed by atoms with van der Waals surface area (Å²) in [5, 5.41) is 0. The number of nitrogens with zero attached hydrogens (tertiary/aromatic N) is 1. The molecule has 2 bridgehead atoms. The summed E-state index contributed by atoms with van der Waals surface area (Å²) in [5.74, 6) is 2.92. The summed E-state index contributed by atoms with van der Waals surface area (Å²) < 4.78 is 0. The number of anilines is 3. The third kappa shape index (κ3) is 4.46. The maximum absolute atomic E-state index is 2.61. The Labute approximate surface area is 304 Å². The van der Waals surface area contributed by atoms with Gasteiger partial charge in [-0.05, 0) is 141 Å². The lowest BCUT2D eigenvalue weighted by Crippen LogP contribution is -2.49. The summed E-state index contributed by atoms with van der Waals surface area (Å²) >= 11 is 0. The van der Waals surface area contributed by atoms with Crippen LogP contribution < -0.4 is 4.90 Å². The van der Waals surface area contributed by atoms with Crippen molar-refractivity contribution in [3.05, 3.63) is 162 Å².